The van der Waals surface area contributed by atoms with E-state index in [4.69, 9.17) is 4.74 Å². The fourth-order valence-corrected chi connectivity index (χ4v) is 1.06. The Bertz CT molecular complexity index is 50.0. The van der Waals surface area contributed by atoms with Gasteiger partial charge in [-0.3, -0.25) is 0 Å². The summed E-state index contributed by atoms with van der Waals surface area (Å²) in [6, 6.07) is 0. The lowest BCUT2D eigenvalue weighted by Crippen LogP contribution is -2.11. The molecule has 1 fully saturated rings. The van der Waals surface area contributed by atoms with Crippen molar-refractivity contribution < 1.29 is 4.74 Å². The van der Waals surface area contributed by atoms with Gasteiger partial charge in [0.05, 0.1) is 0 Å². The lowest BCUT2D eigenvalue weighted by atomic mass is 10.2. The van der Waals surface area contributed by atoms with Crippen LogP contribution in [0.15, 0.2) is 0 Å². The molecule has 1 nitrogen and oxygen atoms in total. The van der Waals surface area contributed by atoms with Gasteiger partial charge in [-0.25, -0.2) is 0 Å². The minimum Gasteiger partial charge on any atom is -0.526 e. The van der Waals surface area contributed by atoms with Crippen LogP contribution in [-0.2, 0) is 4.74 Å². The molecule has 0 saturated carbocycles. The summed E-state index contributed by atoms with van der Waals surface area (Å²) in [4.78, 5) is 0. The number of rotatable bonds is 0. The molecule has 1 atom stereocenters. The lowest BCUT2D eigenvalue weighted by molar-refractivity contribution is 0.0721. The van der Waals surface area contributed by atoms with Gasteiger partial charge in [0.25, 0.3) is 0 Å². The van der Waals surface area contributed by atoms with E-state index in [0.29, 0.717) is 5.85 Å². The second-order valence-corrected chi connectivity index (χ2v) is 2.50. The Morgan fingerprint density at radius 3 is 2.57 bits per heavy atom. The minimum atomic E-state index is 0.341. The van der Waals surface area contributed by atoms with Gasteiger partial charge in [0.2, 0.25) is 0 Å². The zero-order valence-electron chi connectivity index (χ0n) is 4.31. The highest BCUT2D eigenvalue weighted by Gasteiger charge is 1.99. The Morgan fingerprint density at radius 2 is 2.29 bits per heavy atom. The maximum atomic E-state index is 5.19. The third kappa shape index (κ3) is 1.75. The number of hydrogen-bond donors (Lipinski definition) is 0. The van der Waals surface area contributed by atoms with E-state index in [-0.39, 0.29) is 0 Å². The van der Waals surface area contributed by atoms with Crippen LogP contribution in [0, 0.1) is 0 Å². The Labute approximate surface area is 46.6 Å². The van der Waals surface area contributed by atoms with E-state index in [2.05, 4.69) is 9.24 Å². The van der Waals surface area contributed by atoms with Crippen molar-refractivity contribution >= 4 is 9.24 Å². The summed E-state index contributed by atoms with van der Waals surface area (Å²) in [6.07, 6.45) is 3.73. The highest BCUT2D eigenvalue weighted by molar-refractivity contribution is 7.17. The summed E-state index contributed by atoms with van der Waals surface area (Å²) in [5.74, 6) is 0.341. The Hall–Kier alpha value is 0.390. The summed E-state index contributed by atoms with van der Waals surface area (Å²) in [5.41, 5.74) is 0. The molecule has 2 heteroatoms. The second-order valence-electron chi connectivity index (χ2n) is 1.86. The zero-order valence-corrected chi connectivity index (χ0v) is 5.31. The van der Waals surface area contributed by atoms with Crippen LogP contribution in [0.4, 0.5) is 0 Å². The van der Waals surface area contributed by atoms with Gasteiger partial charge in [0, 0.05) is 6.61 Å². The molecule has 0 aliphatic carbocycles. The third-order valence-electron chi connectivity index (χ3n) is 1.18. The fraction of sp³-hybridized carbons (Fsp3) is 1.00. The molecule has 0 spiro atoms. The van der Waals surface area contributed by atoms with Crippen LogP contribution in [0.1, 0.15) is 19.3 Å². The molecule has 1 aliphatic rings. The highest BCUT2D eigenvalue weighted by Crippen LogP contribution is 2.16. The standard InChI is InChI=1S/C5H10OP/c7-5-3-1-2-4-6-5/h5,7H,1-4H2/q-1. The molecule has 7 heavy (non-hydrogen) atoms. The summed E-state index contributed by atoms with van der Waals surface area (Å²) in [5, 5.41) is 0. The molecule has 0 radical (unpaired) electrons. The molecular weight excluding hydrogens is 107 g/mol. The van der Waals surface area contributed by atoms with Crippen molar-refractivity contribution in [1.82, 2.24) is 0 Å². The van der Waals surface area contributed by atoms with Crippen LogP contribution < -0.4 is 0 Å². The van der Waals surface area contributed by atoms with E-state index in [9.17, 15) is 0 Å². The van der Waals surface area contributed by atoms with E-state index < -0.39 is 0 Å². The van der Waals surface area contributed by atoms with Crippen LogP contribution in [0.2, 0.25) is 0 Å². The smallest absolute Gasteiger partial charge is 0.0436 e. The van der Waals surface area contributed by atoms with E-state index in [1.807, 2.05) is 0 Å². The Kier molecular flexibility index (Phi) is 2.08. The summed E-state index contributed by atoms with van der Waals surface area (Å²) < 4.78 is 5.19. The number of hydrogen-bond acceptors (Lipinski definition) is 1. The molecule has 42 valence electrons. The molecule has 0 bridgehead atoms. The molecule has 1 saturated heterocycles. The van der Waals surface area contributed by atoms with Crippen LogP contribution in [0.5, 0.6) is 0 Å². The van der Waals surface area contributed by atoms with Gasteiger partial charge in [-0.05, 0) is 6.42 Å². The molecule has 0 aromatic heterocycles. The van der Waals surface area contributed by atoms with Crippen LogP contribution in [0.25, 0.3) is 0 Å². The SMILES string of the molecule is [PH-]C1CCCCO1. The van der Waals surface area contributed by atoms with Crippen molar-refractivity contribution in [2.75, 3.05) is 6.61 Å². The molecule has 1 heterocycles. The first kappa shape index (κ1) is 5.53. The third-order valence-corrected chi connectivity index (χ3v) is 1.64. The summed E-state index contributed by atoms with van der Waals surface area (Å²) in [7, 11) is 3.41. The quantitative estimate of drug-likeness (QED) is 0.438. The van der Waals surface area contributed by atoms with E-state index in [1.165, 1.54) is 19.3 Å². The number of ether oxygens (including phenoxy) is 1. The van der Waals surface area contributed by atoms with Crippen LogP contribution in [0.3, 0.4) is 0 Å². The molecule has 0 aromatic carbocycles. The lowest BCUT2D eigenvalue weighted by Gasteiger charge is -2.25. The first-order valence-electron chi connectivity index (χ1n) is 2.72. The molecule has 0 N–H and O–H groups in total. The predicted octanol–water partition coefficient (Wildman–Crippen LogP) is 1.66. The van der Waals surface area contributed by atoms with Gasteiger partial charge in [-0.1, -0.05) is 18.7 Å². The molecule has 1 aliphatic heterocycles. The summed E-state index contributed by atoms with van der Waals surface area (Å²) in [6.45, 7) is 0.939. The normalized spacial score (nSPS) is 33.0. The minimum absolute atomic E-state index is 0.341. The van der Waals surface area contributed by atoms with Crippen LogP contribution in [-0.4, -0.2) is 12.5 Å². The van der Waals surface area contributed by atoms with Crippen molar-refractivity contribution in [3.63, 3.8) is 0 Å². The fourth-order valence-electron chi connectivity index (χ4n) is 0.741. The van der Waals surface area contributed by atoms with Gasteiger partial charge in [-0.15, -0.1) is 0 Å². The van der Waals surface area contributed by atoms with Crippen molar-refractivity contribution in [3.05, 3.63) is 0 Å². The maximum Gasteiger partial charge on any atom is 0.0436 e. The second kappa shape index (κ2) is 2.64. The average molecular weight is 117 g/mol. The molecule has 0 amide bonds. The Balaban J connectivity index is 2.12. The predicted molar refractivity (Wildman–Crippen MR) is 31.9 cm³/mol. The maximum absolute atomic E-state index is 5.19. The monoisotopic (exact) mass is 117 g/mol. The molecule has 0 aromatic rings. The van der Waals surface area contributed by atoms with E-state index >= 15 is 0 Å². The first-order valence-corrected chi connectivity index (χ1v) is 3.30. The van der Waals surface area contributed by atoms with E-state index in [1.54, 1.807) is 0 Å². The van der Waals surface area contributed by atoms with Crippen molar-refractivity contribution in [3.8, 4) is 0 Å². The van der Waals surface area contributed by atoms with Gasteiger partial charge < -0.3 is 14.0 Å². The van der Waals surface area contributed by atoms with Gasteiger partial charge in [0.1, 0.15) is 0 Å². The summed E-state index contributed by atoms with van der Waals surface area (Å²) >= 11 is 0. The van der Waals surface area contributed by atoms with Gasteiger partial charge in [-0.2, -0.15) is 0 Å². The molecule has 1 rings (SSSR count). The van der Waals surface area contributed by atoms with Gasteiger partial charge >= 0.3 is 0 Å². The largest absolute Gasteiger partial charge is 0.526 e. The van der Waals surface area contributed by atoms with Crippen molar-refractivity contribution in [2.45, 2.75) is 25.1 Å². The average Bonchev–Trinajstić information content (AvgIpc) is 1.69. The molecular formula is C5H10OP-. The Morgan fingerprint density at radius 1 is 1.43 bits per heavy atom. The first-order chi connectivity index (χ1) is 3.39. The molecule has 1 unspecified atom stereocenters. The van der Waals surface area contributed by atoms with Gasteiger partial charge in [0.15, 0.2) is 0 Å². The highest BCUT2D eigenvalue weighted by atomic mass is 31.0. The zero-order chi connectivity index (χ0) is 5.11. The van der Waals surface area contributed by atoms with Crippen LogP contribution >= 0.6 is 9.24 Å². The topological polar surface area (TPSA) is 9.23 Å². The van der Waals surface area contributed by atoms with E-state index in [0.717, 1.165) is 6.61 Å². The van der Waals surface area contributed by atoms with Crippen molar-refractivity contribution in [2.24, 2.45) is 0 Å². The van der Waals surface area contributed by atoms with Crippen molar-refractivity contribution in [1.29, 1.82) is 0 Å².